The number of rotatable bonds is 8. The van der Waals surface area contributed by atoms with Gasteiger partial charge in [-0.25, -0.2) is 0 Å². The molecule has 0 fully saturated rings. The van der Waals surface area contributed by atoms with E-state index in [9.17, 15) is 9.59 Å². The summed E-state index contributed by atoms with van der Waals surface area (Å²) >= 11 is 0. The fourth-order valence-electron chi connectivity index (χ4n) is 5.03. The second-order valence-corrected chi connectivity index (χ2v) is 10.4. The van der Waals surface area contributed by atoms with E-state index < -0.39 is 0 Å². The molecule has 0 saturated heterocycles. The minimum Gasteiger partial charge on any atom is -0.385 e. The van der Waals surface area contributed by atoms with Gasteiger partial charge >= 0.3 is 0 Å². The average Bonchev–Trinajstić information content (AvgIpc) is 2.84. The van der Waals surface area contributed by atoms with Crippen molar-refractivity contribution >= 4 is 34.6 Å². The SMILES string of the molecule is CC(=O)Nc1cccc(-c2ccc3c(c2)[C@H](Nc2ccc(NCCC(C)C)cc2)C[C@H](C)N3C(C)=O)c1. The Bertz CT molecular complexity index is 1250. The van der Waals surface area contributed by atoms with Gasteiger partial charge in [-0.3, -0.25) is 9.59 Å². The molecular formula is C31H38N4O2. The number of nitrogens with zero attached hydrogens (tertiary/aromatic N) is 1. The van der Waals surface area contributed by atoms with Crippen LogP contribution in [0.2, 0.25) is 0 Å². The Balaban J connectivity index is 1.62. The molecule has 2 amide bonds. The zero-order valence-corrected chi connectivity index (χ0v) is 22.5. The third kappa shape index (κ3) is 6.50. The largest absolute Gasteiger partial charge is 0.385 e. The van der Waals surface area contributed by atoms with E-state index in [1.165, 1.54) is 6.92 Å². The fourth-order valence-corrected chi connectivity index (χ4v) is 5.03. The Morgan fingerprint density at radius 2 is 1.62 bits per heavy atom. The first-order valence-electron chi connectivity index (χ1n) is 13.1. The molecule has 3 aromatic carbocycles. The van der Waals surface area contributed by atoms with E-state index in [1.807, 2.05) is 41.3 Å². The molecule has 1 aliphatic heterocycles. The highest BCUT2D eigenvalue weighted by molar-refractivity contribution is 5.94. The first kappa shape index (κ1) is 26.3. The standard InChI is InChI=1S/C31H38N4O2/c1-20(2)15-16-32-26-10-12-27(13-11-26)34-30-17-21(3)35(23(5)37)31-14-9-25(19-29(30)31)24-7-6-8-28(18-24)33-22(4)36/h6-14,18-21,30,32,34H,15-17H2,1-5H3,(H,33,36)/t21-,30+/m0/s1. The normalized spacial score (nSPS) is 16.8. The molecular weight excluding hydrogens is 460 g/mol. The van der Waals surface area contributed by atoms with E-state index in [-0.39, 0.29) is 23.9 Å². The lowest BCUT2D eigenvalue weighted by Crippen LogP contribution is -2.43. The Morgan fingerprint density at radius 1 is 0.919 bits per heavy atom. The van der Waals surface area contributed by atoms with Crippen LogP contribution in [-0.4, -0.2) is 24.4 Å². The zero-order valence-electron chi connectivity index (χ0n) is 22.5. The van der Waals surface area contributed by atoms with Crippen molar-refractivity contribution in [2.24, 2.45) is 5.92 Å². The summed E-state index contributed by atoms with van der Waals surface area (Å²) in [6, 6.07) is 22.7. The lowest BCUT2D eigenvalue weighted by atomic mass is 9.88. The van der Waals surface area contributed by atoms with E-state index in [0.717, 1.165) is 58.8 Å². The molecule has 3 N–H and O–H groups in total. The van der Waals surface area contributed by atoms with Gasteiger partial charge < -0.3 is 20.9 Å². The summed E-state index contributed by atoms with van der Waals surface area (Å²) in [7, 11) is 0. The molecule has 3 aromatic rings. The van der Waals surface area contributed by atoms with Crippen LogP contribution in [0.1, 0.15) is 59.1 Å². The van der Waals surface area contributed by atoms with Crippen molar-refractivity contribution < 1.29 is 9.59 Å². The Kier molecular flexibility index (Phi) is 8.17. The second-order valence-electron chi connectivity index (χ2n) is 10.4. The van der Waals surface area contributed by atoms with Crippen molar-refractivity contribution in [2.75, 3.05) is 27.4 Å². The van der Waals surface area contributed by atoms with Crippen molar-refractivity contribution in [1.29, 1.82) is 0 Å². The maximum Gasteiger partial charge on any atom is 0.224 e. The second kappa shape index (κ2) is 11.5. The first-order chi connectivity index (χ1) is 17.7. The van der Waals surface area contributed by atoms with Crippen LogP contribution in [0.15, 0.2) is 66.7 Å². The van der Waals surface area contributed by atoms with Gasteiger partial charge in [0.05, 0.1) is 6.04 Å². The van der Waals surface area contributed by atoms with Crippen molar-refractivity contribution in [1.82, 2.24) is 0 Å². The number of fused-ring (bicyclic) bond motifs is 1. The van der Waals surface area contributed by atoms with Gasteiger partial charge in [0.1, 0.15) is 0 Å². The molecule has 0 spiro atoms. The zero-order chi connectivity index (χ0) is 26.5. The van der Waals surface area contributed by atoms with Crippen LogP contribution >= 0.6 is 0 Å². The molecule has 0 saturated carbocycles. The average molecular weight is 499 g/mol. The molecule has 6 nitrogen and oxygen atoms in total. The molecule has 6 heteroatoms. The highest BCUT2D eigenvalue weighted by atomic mass is 16.2. The molecule has 0 radical (unpaired) electrons. The van der Waals surface area contributed by atoms with Crippen molar-refractivity contribution in [2.45, 2.75) is 59.5 Å². The summed E-state index contributed by atoms with van der Waals surface area (Å²) < 4.78 is 0. The van der Waals surface area contributed by atoms with Crippen LogP contribution in [0.3, 0.4) is 0 Å². The van der Waals surface area contributed by atoms with Gasteiger partial charge in [-0.1, -0.05) is 32.0 Å². The molecule has 0 bridgehead atoms. The topological polar surface area (TPSA) is 73.5 Å². The van der Waals surface area contributed by atoms with Crippen LogP contribution in [0.4, 0.5) is 22.7 Å². The van der Waals surface area contributed by atoms with Crippen LogP contribution in [0, 0.1) is 5.92 Å². The first-order valence-corrected chi connectivity index (χ1v) is 13.1. The molecule has 0 aliphatic carbocycles. The van der Waals surface area contributed by atoms with E-state index in [4.69, 9.17) is 0 Å². The molecule has 0 aromatic heterocycles. The lowest BCUT2D eigenvalue weighted by Gasteiger charge is -2.39. The van der Waals surface area contributed by atoms with Gasteiger partial charge in [0, 0.05) is 49.2 Å². The van der Waals surface area contributed by atoms with E-state index in [0.29, 0.717) is 5.92 Å². The Labute approximate surface area is 220 Å². The molecule has 37 heavy (non-hydrogen) atoms. The van der Waals surface area contributed by atoms with Crippen molar-refractivity contribution in [3.63, 3.8) is 0 Å². The molecule has 0 unspecified atom stereocenters. The maximum atomic E-state index is 12.6. The van der Waals surface area contributed by atoms with E-state index in [2.05, 4.69) is 67.1 Å². The van der Waals surface area contributed by atoms with Gasteiger partial charge in [-0.05, 0) is 90.9 Å². The predicted octanol–water partition coefficient (Wildman–Crippen LogP) is 7.07. The Morgan fingerprint density at radius 3 is 2.30 bits per heavy atom. The molecule has 1 aliphatic rings. The third-order valence-corrected chi connectivity index (χ3v) is 6.81. The van der Waals surface area contributed by atoms with Gasteiger partial charge in [-0.15, -0.1) is 0 Å². The van der Waals surface area contributed by atoms with Crippen LogP contribution in [0.25, 0.3) is 11.1 Å². The van der Waals surface area contributed by atoms with Gasteiger partial charge in [0.15, 0.2) is 0 Å². The summed E-state index contributed by atoms with van der Waals surface area (Å²) in [6.07, 6.45) is 1.94. The molecule has 194 valence electrons. The van der Waals surface area contributed by atoms with Crippen LogP contribution in [-0.2, 0) is 9.59 Å². The number of anilines is 4. The van der Waals surface area contributed by atoms with Crippen LogP contribution < -0.4 is 20.9 Å². The smallest absolute Gasteiger partial charge is 0.224 e. The summed E-state index contributed by atoms with van der Waals surface area (Å²) in [5.74, 6) is 0.623. The number of carbonyl (C=O) groups is 2. The summed E-state index contributed by atoms with van der Waals surface area (Å²) in [6.45, 7) is 10.7. The Hall–Kier alpha value is -3.80. The molecule has 2 atom stereocenters. The lowest BCUT2D eigenvalue weighted by molar-refractivity contribution is -0.117. The van der Waals surface area contributed by atoms with E-state index >= 15 is 0 Å². The minimum atomic E-state index is -0.0981. The fraction of sp³-hybridized carbons (Fsp3) is 0.355. The van der Waals surface area contributed by atoms with E-state index in [1.54, 1.807) is 6.92 Å². The molecule has 1 heterocycles. The third-order valence-electron chi connectivity index (χ3n) is 6.81. The summed E-state index contributed by atoms with van der Waals surface area (Å²) in [5.41, 5.74) is 7.02. The van der Waals surface area contributed by atoms with Crippen molar-refractivity contribution in [3.8, 4) is 11.1 Å². The highest BCUT2D eigenvalue weighted by Gasteiger charge is 2.32. The summed E-state index contributed by atoms with van der Waals surface area (Å²) in [4.78, 5) is 26.0. The van der Waals surface area contributed by atoms with Gasteiger partial charge in [0.25, 0.3) is 0 Å². The maximum absolute atomic E-state index is 12.6. The number of hydrogen-bond donors (Lipinski definition) is 3. The number of nitrogens with one attached hydrogen (secondary N) is 3. The highest BCUT2D eigenvalue weighted by Crippen LogP contribution is 2.41. The van der Waals surface area contributed by atoms with Gasteiger partial charge in [-0.2, -0.15) is 0 Å². The minimum absolute atomic E-state index is 0.0458. The number of amides is 2. The quantitative estimate of drug-likeness (QED) is 0.311. The number of hydrogen-bond acceptors (Lipinski definition) is 4. The predicted molar refractivity (Wildman–Crippen MR) is 154 cm³/mol. The van der Waals surface area contributed by atoms with Crippen molar-refractivity contribution in [3.05, 3.63) is 72.3 Å². The monoisotopic (exact) mass is 498 g/mol. The molecule has 4 rings (SSSR count). The number of carbonyl (C=O) groups excluding carboxylic acids is 2. The number of benzene rings is 3. The summed E-state index contributed by atoms with van der Waals surface area (Å²) in [5, 5.41) is 10.1. The van der Waals surface area contributed by atoms with Crippen LogP contribution in [0.5, 0.6) is 0 Å². The van der Waals surface area contributed by atoms with Gasteiger partial charge in [0.2, 0.25) is 11.8 Å².